The van der Waals surface area contributed by atoms with Gasteiger partial charge in [-0.15, -0.1) is 24.8 Å². The van der Waals surface area contributed by atoms with E-state index in [0.29, 0.717) is 17.0 Å². The third-order valence-electron chi connectivity index (χ3n) is 5.70. The maximum absolute atomic E-state index is 14.7. The van der Waals surface area contributed by atoms with E-state index in [1.807, 2.05) is 30.3 Å². The Balaban J connectivity index is 0.00000140. The molecule has 0 spiro atoms. The lowest BCUT2D eigenvalue weighted by atomic mass is 9.75. The number of nitrogens with one attached hydrogen (secondary N) is 2. The second-order valence-electron chi connectivity index (χ2n) is 8.27. The van der Waals surface area contributed by atoms with Crippen LogP contribution in [-0.2, 0) is 6.54 Å². The molecule has 1 saturated carbocycles. The van der Waals surface area contributed by atoms with Crippen molar-refractivity contribution in [2.24, 2.45) is 5.41 Å². The average Bonchev–Trinajstić information content (AvgIpc) is 3.08. The molecule has 0 unspecified atom stereocenters. The summed E-state index contributed by atoms with van der Waals surface area (Å²) in [5, 5.41) is 3.60. The lowest BCUT2D eigenvalue weighted by Crippen LogP contribution is -2.35. The summed E-state index contributed by atoms with van der Waals surface area (Å²) >= 11 is 0. The standard InChI is InChI=1S/C22H26FN3.2ClH/c1-22(2)9-7-17(8-10-22)24-13-15-3-5-18(19(23)11-15)16-4-6-20-21(12-16)26-14-25-20;;/h3-6,11-12,14,17,24H,7-10,13H2,1-2H3,(H,25,26);2*1H. The fraction of sp³-hybridized carbons (Fsp3) is 0.409. The molecule has 0 amide bonds. The quantitative estimate of drug-likeness (QED) is 0.518. The van der Waals surface area contributed by atoms with Crippen molar-refractivity contribution in [3.63, 3.8) is 0 Å². The van der Waals surface area contributed by atoms with Crippen molar-refractivity contribution in [3.8, 4) is 11.1 Å². The summed E-state index contributed by atoms with van der Waals surface area (Å²) in [6.45, 7) is 5.41. The Morgan fingerprint density at radius 1 is 1.11 bits per heavy atom. The Kier molecular flexibility index (Phi) is 7.49. The maximum atomic E-state index is 14.7. The first-order valence-electron chi connectivity index (χ1n) is 9.45. The van der Waals surface area contributed by atoms with Gasteiger partial charge in [-0.05, 0) is 60.4 Å². The molecule has 28 heavy (non-hydrogen) atoms. The topological polar surface area (TPSA) is 40.7 Å². The number of halogens is 3. The summed E-state index contributed by atoms with van der Waals surface area (Å²) in [5.41, 5.74) is 4.79. The van der Waals surface area contributed by atoms with E-state index in [4.69, 9.17) is 0 Å². The molecule has 4 rings (SSSR count). The van der Waals surface area contributed by atoms with Crippen molar-refractivity contribution in [2.45, 2.75) is 52.1 Å². The van der Waals surface area contributed by atoms with E-state index in [-0.39, 0.29) is 30.6 Å². The highest BCUT2D eigenvalue weighted by Gasteiger charge is 2.26. The van der Waals surface area contributed by atoms with Gasteiger partial charge in [-0.1, -0.05) is 32.0 Å². The number of H-pyrrole nitrogens is 1. The molecule has 152 valence electrons. The molecule has 1 heterocycles. The van der Waals surface area contributed by atoms with Crippen LogP contribution in [0, 0.1) is 11.2 Å². The largest absolute Gasteiger partial charge is 0.345 e. The van der Waals surface area contributed by atoms with Crippen LogP contribution in [0.5, 0.6) is 0 Å². The second-order valence-corrected chi connectivity index (χ2v) is 8.27. The van der Waals surface area contributed by atoms with Crippen LogP contribution in [0.15, 0.2) is 42.7 Å². The van der Waals surface area contributed by atoms with Crippen molar-refractivity contribution in [1.29, 1.82) is 0 Å². The molecule has 1 aromatic heterocycles. The molecule has 2 N–H and O–H groups in total. The first kappa shape index (κ1) is 22.7. The summed E-state index contributed by atoms with van der Waals surface area (Å²) in [6, 6.07) is 11.9. The van der Waals surface area contributed by atoms with Crippen molar-refractivity contribution < 1.29 is 4.39 Å². The van der Waals surface area contributed by atoms with Crippen LogP contribution in [0.4, 0.5) is 4.39 Å². The fourth-order valence-electron chi connectivity index (χ4n) is 3.87. The average molecular weight is 424 g/mol. The molecule has 0 bridgehead atoms. The highest BCUT2D eigenvalue weighted by atomic mass is 35.5. The van der Waals surface area contributed by atoms with E-state index >= 15 is 0 Å². The fourth-order valence-corrected chi connectivity index (χ4v) is 3.87. The number of rotatable bonds is 4. The minimum atomic E-state index is -0.173. The molecule has 1 aliphatic rings. The molecule has 0 radical (unpaired) electrons. The van der Waals surface area contributed by atoms with Crippen LogP contribution in [0.2, 0.25) is 0 Å². The summed E-state index contributed by atoms with van der Waals surface area (Å²) in [4.78, 5) is 7.29. The maximum Gasteiger partial charge on any atom is 0.131 e. The monoisotopic (exact) mass is 423 g/mol. The van der Waals surface area contributed by atoms with E-state index in [2.05, 4.69) is 29.1 Å². The van der Waals surface area contributed by atoms with Crippen LogP contribution in [0.25, 0.3) is 22.2 Å². The van der Waals surface area contributed by atoms with Gasteiger partial charge in [0.2, 0.25) is 0 Å². The van der Waals surface area contributed by atoms with Gasteiger partial charge in [0.15, 0.2) is 0 Å². The van der Waals surface area contributed by atoms with Crippen LogP contribution < -0.4 is 5.32 Å². The molecule has 3 aromatic rings. The summed E-state index contributed by atoms with van der Waals surface area (Å²) < 4.78 is 14.7. The predicted molar refractivity (Wildman–Crippen MR) is 119 cm³/mol. The van der Waals surface area contributed by atoms with E-state index in [0.717, 1.165) is 28.7 Å². The van der Waals surface area contributed by atoms with Gasteiger partial charge in [0, 0.05) is 18.2 Å². The van der Waals surface area contributed by atoms with Gasteiger partial charge in [-0.2, -0.15) is 0 Å². The van der Waals surface area contributed by atoms with Gasteiger partial charge < -0.3 is 10.3 Å². The van der Waals surface area contributed by atoms with Gasteiger partial charge in [-0.25, -0.2) is 9.37 Å². The van der Waals surface area contributed by atoms with Gasteiger partial charge in [0.05, 0.1) is 17.4 Å². The minimum Gasteiger partial charge on any atom is -0.345 e. The van der Waals surface area contributed by atoms with Crippen LogP contribution in [0.1, 0.15) is 45.1 Å². The molecule has 3 nitrogen and oxygen atoms in total. The number of nitrogens with zero attached hydrogens (tertiary/aromatic N) is 1. The zero-order valence-corrected chi connectivity index (χ0v) is 17.9. The van der Waals surface area contributed by atoms with Crippen LogP contribution >= 0.6 is 24.8 Å². The zero-order chi connectivity index (χ0) is 18.1. The van der Waals surface area contributed by atoms with Crippen molar-refractivity contribution >= 4 is 35.8 Å². The Morgan fingerprint density at radius 3 is 2.57 bits per heavy atom. The summed E-state index contributed by atoms with van der Waals surface area (Å²) in [5.74, 6) is -0.173. The number of hydrogen-bond acceptors (Lipinski definition) is 2. The third kappa shape index (κ3) is 5.05. The Hall–Kier alpha value is -1.62. The molecular weight excluding hydrogens is 396 g/mol. The first-order chi connectivity index (χ1) is 12.5. The molecule has 0 aliphatic heterocycles. The molecule has 6 heteroatoms. The van der Waals surface area contributed by atoms with Gasteiger partial charge in [0.1, 0.15) is 5.82 Å². The van der Waals surface area contributed by atoms with E-state index in [1.54, 1.807) is 12.4 Å². The number of benzene rings is 2. The van der Waals surface area contributed by atoms with Crippen molar-refractivity contribution in [1.82, 2.24) is 15.3 Å². The number of fused-ring (bicyclic) bond motifs is 1. The molecule has 0 saturated heterocycles. The third-order valence-corrected chi connectivity index (χ3v) is 5.70. The Morgan fingerprint density at radius 2 is 1.86 bits per heavy atom. The van der Waals surface area contributed by atoms with Crippen molar-refractivity contribution in [3.05, 3.63) is 54.1 Å². The SMILES string of the molecule is CC1(C)CCC(NCc2ccc(-c3ccc4nc[nH]c4c3)c(F)c2)CC1.Cl.Cl. The first-order valence-corrected chi connectivity index (χ1v) is 9.45. The lowest BCUT2D eigenvalue weighted by Gasteiger charge is -2.34. The lowest BCUT2D eigenvalue weighted by molar-refractivity contribution is 0.206. The molecule has 2 aromatic carbocycles. The Bertz CT molecular complexity index is 913. The number of hydrogen-bond donors (Lipinski definition) is 2. The normalized spacial score (nSPS) is 16.4. The minimum absolute atomic E-state index is 0. The summed E-state index contributed by atoms with van der Waals surface area (Å²) in [7, 11) is 0. The van der Waals surface area contributed by atoms with Crippen molar-refractivity contribution in [2.75, 3.05) is 0 Å². The number of aromatic nitrogens is 2. The predicted octanol–water partition coefficient (Wildman–Crippen LogP) is 6.27. The number of imidazole rings is 1. The molecule has 1 fully saturated rings. The van der Waals surface area contributed by atoms with E-state index in [9.17, 15) is 4.39 Å². The van der Waals surface area contributed by atoms with Crippen LogP contribution in [-0.4, -0.2) is 16.0 Å². The highest BCUT2D eigenvalue weighted by molar-refractivity contribution is 5.85. The van der Waals surface area contributed by atoms with E-state index in [1.165, 1.54) is 25.7 Å². The molecule has 1 aliphatic carbocycles. The van der Waals surface area contributed by atoms with Crippen LogP contribution in [0.3, 0.4) is 0 Å². The van der Waals surface area contributed by atoms with E-state index < -0.39 is 0 Å². The molecular formula is C22H28Cl2FN3. The molecule has 0 atom stereocenters. The smallest absolute Gasteiger partial charge is 0.131 e. The van der Waals surface area contributed by atoms with Gasteiger partial charge >= 0.3 is 0 Å². The second kappa shape index (κ2) is 9.25. The Labute approximate surface area is 178 Å². The zero-order valence-electron chi connectivity index (χ0n) is 16.3. The van der Waals surface area contributed by atoms with Gasteiger partial charge in [-0.3, -0.25) is 0 Å². The summed E-state index contributed by atoms with van der Waals surface area (Å²) in [6.07, 6.45) is 6.59. The van der Waals surface area contributed by atoms with Gasteiger partial charge in [0.25, 0.3) is 0 Å². The highest BCUT2D eigenvalue weighted by Crippen LogP contribution is 2.35. The number of aromatic amines is 1.